The largest absolute Gasteiger partial charge is 0.379 e. The predicted octanol–water partition coefficient (Wildman–Crippen LogP) is 2.66. The number of rotatable bonds is 7. The number of carbonyl (C=O) groups excluding carboxylic acids is 1. The number of nitrogens with one attached hydrogen (secondary N) is 2. The Hall–Kier alpha value is -1.89. The Labute approximate surface area is 153 Å². The van der Waals surface area contributed by atoms with Crippen LogP contribution in [0.2, 0.25) is 0 Å². The van der Waals surface area contributed by atoms with Crippen molar-refractivity contribution in [1.82, 2.24) is 15.5 Å². The number of ether oxygens (including phenoxy) is 1. The molecule has 25 heavy (non-hydrogen) atoms. The Balaban J connectivity index is 1.50. The summed E-state index contributed by atoms with van der Waals surface area (Å²) in [6, 6.07) is 14.5. The highest BCUT2D eigenvalue weighted by Crippen LogP contribution is 2.20. The first-order valence-electron chi connectivity index (χ1n) is 8.74. The van der Waals surface area contributed by atoms with Crippen LogP contribution >= 0.6 is 11.3 Å². The van der Waals surface area contributed by atoms with Crippen LogP contribution in [0.1, 0.15) is 16.5 Å². The molecule has 134 valence electrons. The van der Waals surface area contributed by atoms with Gasteiger partial charge in [-0.05, 0) is 23.4 Å². The number of nitrogens with zero attached hydrogens (tertiary/aromatic N) is 1. The molecule has 2 amide bonds. The summed E-state index contributed by atoms with van der Waals surface area (Å²) in [6.07, 6.45) is 0.872. The molecule has 1 fully saturated rings. The minimum absolute atomic E-state index is 0.106. The lowest BCUT2D eigenvalue weighted by Gasteiger charge is -2.34. The Morgan fingerprint density at radius 1 is 1.12 bits per heavy atom. The Bertz CT molecular complexity index is 627. The molecule has 2 heterocycles. The van der Waals surface area contributed by atoms with Gasteiger partial charge in [-0.25, -0.2) is 4.79 Å². The first-order chi connectivity index (χ1) is 12.3. The summed E-state index contributed by atoms with van der Waals surface area (Å²) >= 11 is 1.72. The molecule has 6 heteroatoms. The van der Waals surface area contributed by atoms with Crippen LogP contribution in [0, 0.1) is 0 Å². The standard InChI is InChI=1S/C19H25N3O2S/c23-19(20-9-8-17-7-4-14-25-17)21-15-18(16-5-2-1-3-6-16)22-10-12-24-13-11-22/h1-7,14,18H,8-13,15H2,(H2,20,21,23)/t18-/m1/s1. The van der Waals surface area contributed by atoms with Gasteiger partial charge in [0.1, 0.15) is 0 Å². The van der Waals surface area contributed by atoms with Gasteiger partial charge in [-0.3, -0.25) is 4.90 Å². The highest BCUT2D eigenvalue weighted by atomic mass is 32.1. The lowest BCUT2D eigenvalue weighted by molar-refractivity contribution is 0.0167. The fraction of sp³-hybridized carbons (Fsp3) is 0.421. The van der Waals surface area contributed by atoms with Crippen LogP contribution in [0.5, 0.6) is 0 Å². The fourth-order valence-electron chi connectivity index (χ4n) is 3.03. The summed E-state index contributed by atoms with van der Waals surface area (Å²) in [5.41, 5.74) is 1.23. The molecule has 3 rings (SSSR count). The van der Waals surface area contributed by atoms with E-state index in [9.17, 15) is 4.79 Å². The quantitative estimate of drug-likeness (QED) is 0.799. The van der Waals surface area contributed by atoms with Crippen molar-refractivity contribution in [3.63, 3.8) is 0 Å². The second-order valence-electron chi connectivity index (χ2n) is 6.04. The molecule has 0 saturated carbocycles. The molecule has 1 atom stereocenters. The number of hydrogen-bond acceptors (Lipinski definition) is 4. The van der Waals surface area contributed by atoms with Crippen molar-refractivity contribution < 1.29 is 9.53 Å². The molecule has 0 bridgehead atoms. The highest BCUT2D eigenvalue weighted by Gasteiger charge is 2.22. The molecule has 0 unspecified atom stereocenters. The predicted molar refractivity (Wildman–Crippen MR) is 101 cm³/mol. The summed E-state index contributed by atoms with van der Waals surface area (Å²) in [5, 5.41) is 8.03. The van der Waals surface area contributed by atoms with Crippen LogP contribution in [-0.4, -0.2) is 50.3 Å². The zero-order valence-electron chi connectivity index (χ0n) is 14.3. The van der Waals surface area contributed by atoms with Crippen LogP contribution in [0.15, 0.2) is 47.8 Å². The van der Waals surface area contributed by atoms with Gasteiger partial charge < -0.3 is 15.4 Å². The second-order valence-corrected chi connectivity index (χ2v) is 7.07. The fourth-order valence-corrected chi connectivity index (χ4v) is 3.74. The zero-order chi connectivity index (χ0) is 17.3. The van der Waals surface area contributed by atoms with Gasteiger partial charge in [0, 0.05) is 31.1 Å². The Morgan fingerprint density at radius 3 is 2.64 bits per heavy atom. The van der Waals surface area contributed by atoms with Crippen molar-refractivity contribution >= 4 is 17.4 Å². The first kappa shape index (κ1) is 17.9. The van der Waals surface area contributed by atoms with Gasteiger partial charge in [-0.15, -0.1) is 11.3 Å². The number of morpholine rings is 1. The van der Waals surface area contributed by atoms with Crippen LogP contribution in [-0.2, 0) is 11.2 Å². The lowest BCUT2D eigenvalue weighted by Crippen LogP contribution is -2.46. The average molecular weight is 359 g/mol. The van der Waals surface area contributed by atoms with E-state index in [4.69, 9.17) is 4.74 Å². The zero-order valence-corrected chi connectivity index (χ0v) is 15.1. The molecular formula is C19H25N3O2S. The van der Waals surface area contributed by atoms with E-state index in [1.807, 2.05) is 24.3 Å². The van der Waals surface area contributed by atoms with Crippen molar-refractivity contribution in [1.29, 1.82) is 0 Å². The molecule has 5 nitrogen and oxygen atoms in total. The third kappa shape index (κ3) is 5.56. The SMILES string of the molecule is O=C(NCCc1cccs1)NC[C@H](c1ccccc1)N1CCOCC1. The number of thiophene rings is 1. The molecule has 0 aliphatic carbocycles. The number of carbonyl (C=O) groups is 1. The van der Waals surface area contributed by atoms with E-state index < -0.39 is 0 Å². The number of hydrogen-bond donors (Lipinski definition) is 2. The molecule has 0 radical (unpaired) electrons. The van der Waals surface area contributed by atoms with Crippen LogP contribution < -0.4 is 10.6 Å². The molecule has 0 spiro atoms. The van der Waals surface area contributed by atoms with E-state index in [-0.39, 0.29) is 12.1 Å². The van der Waals surface area contributed by atoms with Crippen molar-refractivity contribution in [3.05, 3.63) is 58.3 Å². The van der Waals surface area contributed by atoms with Crippen LogP contribution in [0.25, 0.3) is 0 Å². The summed E-state index contributed by atoms with van der Waals surface area (Å²) in [4.78, 5) is 15.8. The molecule has 1 aliphatic rings. The first-order valence-corrected chi connectivity index (χ1v) is 9.62. The van der Waals surface area contributed by atoms with E-state index in [2.05, 4.69) is 39.1 Å². The number of amides is 2. The Kier molecular flexibility index (Phi) is 6.85. The van der Waals surface area contributed by atoms with Gasteiger partial charge in [0.15, 0.2) is 0 Å². The molecule has 2 aromatic rings. The van der Waals surface area contributed by atoms with Gasteiger partial charge in [0.2, 0.25) is 0 Å². The van der Waals surface area contributed by atoms with Gasteiger partial charge in [-0.2, -0.15) is 0 Å². The maximum absolute atomic E-state index is 12.1. The van der Waals surface area contributed by atoms with E-state index in [1.165, 1.54) is 10.4 Å². The van der Waals surface area contributed by atoms with Crippen molar-refractivity contribution in [2.75, 3.05) is 39.4 Å². The van der Waals surface area contributed by atoms with Crippen molar-refractivity contribution in [2.45, 2.75) is 12.5 Å². The maximum atomic E-state index is 12.1. The molecule has 1 aliphatic heterocycles. The Morgan fingerprint density at radius 2 is 1.92 bits per heavy atom. The smallest absolute Gasteiger partial charge is 0.314 e. The third-order valence-electron chi connectivity index (χ3n) is 4.36. The van der Waals surface area contributed by atoms with E-state index in [0.717, 1.165) is 32.7 Å². The average Bonchev–Trinajstić information content (AvgIpc) is 3.17. The van der Waals surface area contributed by atoms with E-state index >= 15 is 0 Å². The summed E-state index contributed by atoms with van der Waals surface area (Å²) < 4.78 is 5.46. The normalized spacial score (nSPS) is 16.3. The van der Waals surface area contributed by atoms with Gasteiger partial charge in [0.25, 0.3) is 0 Å². The van der Waals surface area contributed by atoms with E-state index in [0.29, 0.717) is 13.1 Å². The molecule has 2 N–H and O–H groups in total. The lowest BCUT2D eigenvalue weighted by atomic mass is 10.0. The summed E-state index contributed by atoms with van der Waals surface area (Å²) in [5.74, 6) is 0. The summed E-state index contributed by atoms with van der Waals surface area (Å²) in [6.45, 7) is 4.52. The molecule has 1 aromatic carbocycles. The highest BCUT2D eigenvalue weighted by molar-refractivity contribution is 7.09. The van der Waals surface area contributed by atoms with Crippen LogP contribution in [0.3, 0.4) is 0 Å². The number of benzene rings is 1. The minimum atomic E-state index is -0.106. The molecule has 1 aromatic heterocycles. The van der Waals surface area contributed by atoms with Crippen LogP contribution in [0.4, 0.5) is 4.79 Å². The third-order valence-corrected chi connectivity index (χ3v) is 5.30. The summed E-state index contributed by atoms with van der Waals surface area (Å²) in [7, 11) is 0. The number of urea groups is 1. The molecule has 1 saturated heterocycles. The molecular weight excluding hydrogens is 334 g/mol. The topological polar surface area (TPSA) is 53.6 Å². The van der Waals surface area contributed by atoms with Gasteiger partial charge >= 0.3 is 6.03 Å². The van der Waals surface area contributed by atoms with Crippen molar-refractivity contribution in [2.24, 2.45) is 0 Å². The minimum Gasteiger partial charge on any atom is -0.379 e. The second kappa shape index (κ2) is 9.56. The van der Waals surface area contributed by atoms with Crippen molar-refractivity contribution in [3.8, 4) is 0 Å². The monoisotopic (exact) mass is 359 g/mol. The van der Waals surface area contributed by atoms with E-state index in [1.54, 1.807) is 11.3 Å². The maximum Gasteiger partial charge on any atom is 0.314 e. The van der Waals surface area contributed by atoms with Gasteiger partial charge in [0.05, 0.1) is 19.3 Å². The van der Waals surface area contributed by atoms with Gasteiger partial charge in [-0.1, -0.05) is 36.4 Å².